The van der Waals surface area contributed by atoms with E-state index >= 15 is 0 Å². The summed E-state index contributed by atoms with van der Waals surface area (Å²) in [5.41, 5.74) is 1.38. The van der Waals surface area contributed by atoms with Crippen LogP contribution in [0, 0.1) is 0 Å². The van der Waals surface area contributed by atoms with Gasteiger partial charge in [-0.25, -0.2) is 0 Å². The van der Waals surface area contributed by atoms with E-state index in [0.29, 0.717) is 42.2 Å². The van der Waals surface area contributed by atoms with Crippen molar-refractivity contribution in [2.45, 2.75) is 63.6 Å². The van der Waals surface area contributed by atoms with E-state index < -0.39 is 0 Å². The summed E-state index contributed by atoms with van der Waals surface area (Å²) < 4.78 is 17.1. The Morgan fingerprint density at radius 1 is 1.03 bits per heavy atom. The fourth-order valence-corrected chi connectivity index (χ4v) is 5.25. The Morgan fingerprint density at radius 2 is 1.81 bits per heavy atom. The molecule has 5 rings (SSSR count). The molecular formula is C24H31N3O4S. The second-order valence-electron chi connectivity index (χ2n) is 8.95. The van der Waals surface area contributed by atoms with Gasteiger partial charge in [-0.05, 0) is 50.0 Å². The third-order valence-electron chi connectivity index (χ3n) is 6.71. The van der Waals surface area contributed by atoms with Crippen molar-refractivity contribution < 1.29 is 14.2 Å². The molecule has 7 nitrogen and oxygen atoms in total. The van der Waals surface area contributed by atoms with Crippen LogP contribution in [0.2, 0.25) is 0 Å². The Kier molecular flexibility index (Phi) is 6.50. The number of nitrogens with one attached hydrogen (secondary N) is 2. The third kappa shape index (κ3) is 4.71. The number of aromatic nitrogens is 1. The monoisotopic (exact) mass is 457 g/mol. The molecule has 32 heavy (non-hydrogen) atoms. The standard InChI is InChI=1S/C24H31N3O4S/c28-23-17(11-16-12-21-22(13-20(16)26-23)31-10-9-30-21)15-27(18-5-2-1-3-6-18)24(32)25-14-19-7-4-8-29-19/h11-13,18-19H,1-10,14-15H2,(H,25,32)(H,26,28)/t19-/m0/s1. The highest BCUT2D eigenvalue weighted by Crippen LogP contribution is 2.34. The quantitative estimate of drug-likeness (QED) is 0.666. The van der Waals surface area contributed by atoms with Crippen LogP contribution in [0.25, 0.3) is 10.9 Å². The van der Waals surface area contributed by atoms with Crippen molar-refractivity contribution in [1.82, 2.24) is 15.2 Å². The zero-order chi connectivity index (χ0) is 21.9. The number of rotatable bonds is 5. The summed E-state index contributed by atoms with van der Waals surface area (Å²) in [6.07, 6.45) is 8.27. The number of hydrogen-bond acceptors (Lipinski definition) is 5. The van der Waals surface area contributed by atoms with Crippen molar-refractivity contribution in [3.63, 3.8) is 0 Å². The van der Waals surface area contributed by atoms with Crippen molar-refractivity contribution in [1.29, 1.82) is 0 Å². The second-order valence-corrected chi connectivity index (χ2v) is 9.33. The lowest BCUT2D eigenvalue weighted by Crippen LogP contribution is -2.48. The fourth-order valence-electron chi connectivity index (χ4n) is 4.96. The van der Waals surface area contributed by atoms with Crippen LogP contribution < -0.4 is 20.3 Å². The Balaban J connectivity index is 1.39. The average Bonchev–Trinajstić information content (AvgIpc) is 3.34. The Morgan fingerprint density at radius 3 is 2.56 bits per heavy atom. The molecule has 0 amide bonds. The van der Waals surface area contributed by atoms with Gasteiger partial charge in [0.15, 0.2) is 16.6 Å². The zero-order valence-electron chi connectivity index (χ0n) is 18.4. The predicted molar refractivity (Wildman–Crippen MR) is 128 cm³/mol. The SMILES string of the molecule is O=c1[nH]c2cc3c(cc2cc1CN(C(=S)NC[C@@H]1CCCO1)C1CCCCC1)OCCO3. The molecule has 1 saturated heterocycles. The first-order chi connectivity index (χ1) is 15.7. The number of fused-ring (bicyclic) bond motifs is 2. The molecule has 2 aliphatic heterocycles. The van der Waals surface area contributed by atoms with Gasteiger partial charge in [-0.3, -0.25) is 4.79 Å². The normalized spacial score (nSPS) is 20.9. The molecule has 0 unspecified atom stereocenters. The summed E-state index contributed by atoms with van der Waals surface area (Å²) in [7, 11) is 0. The lowest BCUT2D eigenvalue weighted by Gasteiger charge is -2.36. The number of pyridine rings is 1. The highest BCUT2D eigenvalue weighted by atomic mass is 32.1. The van der Waals surface area contributed by atoms with Crippen LogP contribution in [0.5, 0.6) is 11.5 Å². The maximum Gasteiger partial charge on any atom is 0.253 e. The molecule has 2 fully saturated rings. The van der Waals surface area contributed by atoms with Crippen LogP contribution in [-0.4, -0.2) is 53.5 Å². The van der Waals surface area contributed by atoms with E-state index in [9.17, 15) is 4.79 Å². The molecule has 1 aromatic heterocycles. The number of nitrogens with zero attached hydrogens (tertiary/aromatic N) is 1. The van der Waals surface area contributed by atoms with Gasteiger partial charge in [-0.15, -0.1) is 0 Å². The van der Waals surface area contributed by atoms with Gasteiger partial charge in [0, 0.05) is 36.2 Å². The van der Waals surface area contributed by atoms with E-state index in [-0.39, 0.29) is 11.7 Å². The third-order valence-corrected chi connectivity index (χ3v) is 7.08. The van der Waals surface area contributed by atoms with Gasteiger partial charge in [-0.2, -0.15) is 0 Å². The number of ether oxygens (including phenoxy) is 3. The first-order valence-electron chi connectivity index (χ1n) is 11.8. The molecular weight excluding hydrogens is 426 g/mol. The van der Waals surface area contributed by atoms with Crippen LogP contribution in [-0.2, 0) is 11.3 Å². The number of aromatic amines is 1. The van der Waals surface area contributed by atoms with Gasteiger partial charge in [0.25, 0.3) is 5.56 Å². The highest BCUT2D eigenvalue weighted by Gasteiger charge is 2.26. The predicted octanol–water partition coefficient (Wildman–Crippen LogP) is 3.49. The van der Waals surface area contributed by atoms with Crippen LogP contribution >= 0.6 is 12.2 Å². The van der Waals surface area contributed by atoms with Crippen molar-refractivity contribution in [2.24, 2.45) is 0 Å². The largest absolute Gasteiger partial charge is 0.486 e. The summed E-state index contributed by atoms with van der Waals surface area (Å²) in [5, 5.41) is 5.08. The Bertz CT molecular complexity index is 1030. The molecule has 8 heteroatoms. The fraction of sp³-hybridized carbons (Fsp3) is 0.583. The molecule has 2 N–H and O–H groups in total. The maximum atomic E-state index is 13.0. The van der Waals surface area contributed by atoms with Crippen molar-refractivity contribution in [3.8, 4) is 11.5 Å². The highest BCUT2D eigenvalue weighted by molar-refractivity contribution is 7.80. The average molecular weight is 458 g/mol. The molecule has 1 atom stereocenters. The number of thiocarbonyl (C=S) groups is 1. The van der Waals surface area contributed by atoms with E-state index in [1.54, 1.807) is 0 Å². The Hall–Kier alpha value is -2.32. The minimum Gasteiger partial charge on any atom is -0.486 e. The molecule has 1 aliphatic carbocycles. The topological polar surface area (TPSA) is 75.8 Å². The summed E-state index contributed by atoms with van der Waals surface area (Å²) in [5.74, 6) is 1.40. The summed E-state index contributed by atoms with van der Waals surface area (Å²) >= 11 is 5.82. The van der Waals surface area contributed by atoms with Crippen LogP contribution in [0.15, 0.2) is 23.0 Å². The summed E-state index contributed by atoms with van der Waals surface area (Å²) in [6, 6.07) is 6.11. The van der Waals surface area contributed by atoms with E-state index in [1.807, 2.05) is 18.2 Å². The van der Waals surface area contributed by atoms with Gasteiger partial charge < -0.3 is 29.4 Å². The molecule has 3 aliphatic rings. The van der Waals surface area contributed by atoms with Gasteiger partial charge in [-0.1, -0.05) is 19.3 Å². The van der Waals surface area contributed by atoms with Crippen LogP contribution in [0.4, 0.5) is 0 Å². The molecule has 1 saturated carbocycles. The van der Waals surface area contributed by atoms with Gasteiger partial charge in [0.05, 0.1) is 18.2 Å². The van der Waals surface area contributed by atoms with Crippen molar-refractivity contribution in [2.75, 3.05) is 26.4 Å². The molecule has 0 bridgehead atoms. The maximum absolute atomic E-state index is 13.0. The summed E-state index contributed by atoms with van der Waals surface area (Å²) in [4.78, 5) is 18.2. The molecule has 0 radical (unpaired) electrons. The van der Waals surface area contributed by atoms with E-state index in [1.165, 1.54) is 19.3 Å². The van der Waals surface area contributed by atoms with Gasteiger partial charge >= 0.3 is 0 Å². The molecule has 2 aromatic rings. The minimum atomic E-state index is -0.0862. The number of benzene rings is 1. The lowest BCUT2D eigenvalue weighted by atomic mass is 9.94. The smallest absolute Gasteiger partial charge is 0.253 e. The first kappa shape index (κ1) is 21.5. The second kappa shape index (κ2) is 9.67. The van der Waals surface area contributed by atoms with E-state index in [4.69, 9.17) is 26.4 Å². The molecule has 1 aromatic carbocycles. The lowest BCUT2D eigenvalue weighted by molar-refractivity contribution is 0.112. The molecule has 3 heterocycles. The molecule has 0 spiro atoms. The van der Waals surface area contributed by atoms with E-state index in [0.717, 1.165) is 55.5 Å². The number of hydrogen-bond donors (Lipinski definition) is 2. The zero-order valence-corrected chi connectivity index (χ0v) is 19.2. The summed E-state index contributed by atoms with van der Waals surface area (Å²) in [6.45, 7) is 3.10. The number of H-pyrrole nitrogens is 1. The minimum absolute atomic E-state index is 0.0862. The first-order valence-corrected chi connectivity index (χ1v) is 12.2. The van der Waals surface area contributed by atoms with Crippen LogP contribution in [0.1, 0.15) is 50.5 Å². The van der Waals surface area contributed by atoms with Gasteiger partial charge in [0.1, 0.15) is 13.2 Å². The van der Waals surface area contributed by atoms with Crippen LogP contribution in [0.3, 0.4) is 0 Å². The van der Waals surface area contributed by atoms with Crippen molar-refractivity contribution in [3.05, 3.63) is 34.1 Å². The van der Waals surface area contributed by atoms with Gasteiger partial charge in [0.2, 0.25) is 0 Å². The Labute approximate surface area is 193 Å². The van der Waals surface area contributed by atoms with E-state index in [2.05, 4.69) is 15.2 Å². The van der Waals surface area contributed by atoms with Crippen molar-refractivity contribution >= 4 is 28.2 Å². The molecule has 172 valence electrons.